The van der Waals surface area contributed by atoms with Gasteiger partial charge in [0.15, 0.2) is 17.5 Å². The zero-order chi connectivity index (χ0) is 44.7. The first-order valence-corrected chi connectivity index (χ1v) is 17.7. The summed E-state index contributed by atoms with van der Waals surface area (Å²) in [6, 6.07) is 33.7. The molecule has 2 heterocycles. The van der Waals surface area contributed by atoms with Gasteiger partial charge < -0.3 is 0 Å². The Labute approximate surface area is 327 Å². The lowest BCUT2D eigenvalue weighted by Gasteiger charge is -2.14. The maximum absolute atomic E-state index is 9.70. The van der Waals surface area contributed by atoms with Gasteiger partial charge in [0.2, 0.25) is 0 Å². The summed E-state index contributed by atoms with van der Waals surface area (Å²) < 4.78 is 97.9. The van der Waals surface area contributed by atoms with Crippen molar-refractivity contribution in [2.75, 3.05) is 0 Å². The summed E-state index contributed by atoms with van der Waals surface area (Å²) in [6.07, 6.45) is 0. The summed E-state index contributed by atoms with van der Waals surface area (Å²) in [6.45, 7) is 0. The van der Waals surface area contributed by atoms with E-state index in [-0.39, 0.29) is 60.4 Å². The minimum atomic E-state index is -0.654. The zero-order valence-electron chi connectivity index (χ0n) is 38.8. The summed E-state index contributed by atoms with van der Waals surface area (Å²) in [7, 11) is 0. The first-order chi connectivity index (χ1) is 30.8. The fraction of sp³-hybridized carbons (Fsp3) is 0. The van der Waals surface area contributed by atoms with Crippen LogP contribution >= 0.6 is 11.3 Å². The molecule has 0 saturated carbocycles. The maximum atomic E-state index is 9.70. The molecule has 0 aliphatic rings. The molecule has 53 heavy (non-hydrogen) atoms. The van der Waals surface area contributed by atoms with Crippen molar-refractivity contribution in [1.82, 2.24) is 15.0 Å². The van der Waals surface area contributed by atoms with Crippen LogP contribution in [0.2, 0.25) is 0 Å². The van der Waals surface area contributed by atoms with E-state index >= 15 is 0 Å². The molecule has 0 atom stereocenters. The van der Waals surface area contributed by atoms with Crippen molar-refractivity contribution in [1.29, 1.82) is 0 Å². The van der Waals surface area contributed by atoms with Gasteiger partial charge in [-0.1, -0.05) is 164 Å². The van der Waals surface area contributed by atoms with E-state index in [1.54, 1.807) is 0 Å². The Hall–Kier alpha value is -6.75. The second-order valence-electron chi connectivity index (χ2n) is 12.4. The van der Waals surface area contributed by atoms with Gasteiger partial charge in [-0.2, -0.15) is 0 Å². The van der Waals surface area contributed by atoms with Gasteiger partial charge in [0.25, 0.3) is 0 Å². The molecule has 0 radical (unpaired) electrons. The Bertz CT molecular complexity index is 3550. The largest absolute Gasteiger partial charge is 0.208 e. The second-order valence-corrected chi connectivity index (χ2v) is 13.4. The number of rotatable bonds is 6. The average molecular weight is 705 g/mol. The number of aromatic nitrogens is 3. The Morgan fingerprint density at radius 3 is 1.79 bits per heavy atom. The van der Waals surface area contributed by atoms with Crippen LogP contribution in [0, 0.1) is 0 Å². The number of hydrogen-bond acceptors (Lipinski definition) is 4. The molecule has 10 rings (SSSR count). The first kappa shape index (κ1) is 21.6. The van der Waals surface area contributed by atoms with Crippen molar-refractivity contribution in [3.63, 3.8) is 0 Å². The van der Waals surface area contributed by atoms with Gasteiger partial charge >= 0.3 is 0 Å². The molecule has 3 nitrogen and oxygen atoms in total. The average Bonchev–Trinajstić information content (AvgIpc) is 3.73. The number of fused-ring (bicyclic) bond motifs is 4. The second kappa shape index (κ2) is 13.1. The summed E-state index contributed by atoms with van der Waals surface area (Å²) in [5.74, 6) is 0.459. The zero-order valence-corrected chi connectivity index (χ0v) is 28.6. The minimum Gasteiger partial charge on any atom is -0.208 e. The molecule has 10 aromatic rings. The van der Waals surface area contributed by atoms with E-state index in [1.165, 1.54) is 0 Å². The van der Waals surface area contributed by atoms with E-state index in [9.17, 15) is 4.11 Å². The standard InChI is InChI=1S/C49H31N3S/c1-4-14-33(15-5-1)40-27-25-38(30-43(40)35-18-8-3-9-19-35)48-50-47(37-24-23-32-13-10-11-20-36(32)29-37)51-49(52-48)39-26-28-42-45(31-39)53-44-22-12-21-41(46(42)44)34-16-6-2-7-17-34/h1-31H/i2D,6D,7D,12D,16D,17D,21D,22D,26D,28D,31D. The van der Waals surface area contributed by atoms with Crippen molar-refractivity contribution in [2.45, 2.75) is 0 Å². The highest BCUT2D eigenvalue weighted by molar-refractivity contribution is 7.26. The molecule has 2 aromatic heterocycles. The molecule has 0 spiro atoms. The van der Waals surface area contributed by atoms with Gasteiger partial charge in [0.1, 0.15) is 0 Å². The van der Waals surface area contributed by atoms with Crippen LogP contribution in [-0.4, -0.2) is 15.0 Å². The van der Waals surface area contributed by atoms with Gasteiger partial charge in [-0.15, -0.1) is 11.3 Å². The fourth-order valence-corrected chi connectivity index (χ4v) is 7.63. The molecule has 248 valence electrons. The van der Waals surface area contributed by atoms with E-state index in [2.05, 4.69) is 0 Å². The quantitative estimate of drug-likeness (QED) is 0.173. The number of nitrogens with zero attached hydrogens (tertiary/aromatic N) is 3. The Balaban J connectivity index is 1.26. The van der Waals surface area contributed by atoms with Gasteiger partial charge in [0, 0.05) is 36.9 Å². The first-order valence-electron chi connectivity index (χ1n) is 22.4. The molecule has 0 aliphatic carbocycles. The molecular formula is C49H31N3S. The molecular weight excluding hydrogens is 663 g/mol. The smallest absolute Gasteiger partial charge is 0.164 e. The third-order valence-electron chi connectivity index (χ3n) is 9.14. The van der Waals surface area contributed by atoms with E-state index in [0.29, 0.717) is 11.1 Å². The molecule has 0 aliphatic heterocycles. The maximum Gasteiger partial charge on any atom is 0.164 e. The van der Waals surface area contributed by atoms with Crippen molar-refractivity contribution in [3.8, 4) is 67.5 Å². The topological polar surface area (TPSA) is 38.7 Å². The molecule has 8 aromatic carbocycles. The number of thiophene rings is 1. The van der Waals surface area contributed by atoms with Crippen molar-refractivity contribution in [3.05, 3.63) is 188 Å². The molecule has 0 amide bonds. The van der Waals surface area contributed by atoms with Crippen LogP contribution in [0.5, 0.6) is 0 Å². The summed E-state index contributed by atoms with van der Waals surface area (Å²) >= 11 is 0.897. The van der Waals surface area contributed by atoms with Crippen LogP contribution in [0.15, 0.2) is 188 Å². The number of hydrogen-bond donors (Lipinski definition) is 0. The third-order valence-corrected chi connectivity index (χ3v) is 10.2. The normalized spacial score (nSPS) is 14.3. The summed E-state index contributed by atoms with van der Waals surface area (Å²) in [5, 5.41) is 1.91. The number of benzene rings is 8. The predicted octanol–water partition coefficient (Wildman–Crippen LogP) is 13.4. The Morgan fingerprint density at radius 1 is 0.396 bits per heavy atom. The Morgan fingerprint density at radius 2 is 1.04 bits per heavy atom. The van der Waals surface area contributed by atoms with Crippen LogP contribution in [0.1, 0.15) is 15.1 Å². The van der Waals surface area contributed by atoms with Crippen LogP contribution in [-0.2, 0) is 0 Å². The highest BCUT2D eigenvalue weighted by Crippen LogP contribution is 2.42. The summed E-state index contributed by atoms with van der Waals surface area (Å²) in [5.41, 5.74) is 4.46. The molecule has 0 fully saturated rings. The van der Waals surface area contributed by atoms with Crippen molar-refractivity contribution in [2.24, 2.45) is 0 Å². The van der Waals surface area contributed by atoms with Crippen molar-refractivity contribution >= 4 is 42.3 Å². The molecule has 0 unspecified atom stereocenters. The SMILES string of the molecule is [2H]c1c([2H])c([2H])c(-c2c([2H])c([2H])c([2H])c3sc4c([2H])c(-c5nc(-c6ccc(-c7ccccc7)c(-c7ccccc7)c6)nc(-c6ccc7ccccc7c6)n5)c([2H])c([2H])c4c23)c([2H])c1[2H]. The van der Waals surface area contributed by atoms with Gasteiger partial charge in [-0.25, -0.2) is 15.0 Å². The third kappa shape index (κ3) is 5.76. The highest BCUT2D eigenvalue weighted by Gasteiger charge is 2.17. The van der Waals surface area contributed by atoms with E-state index in [4.69, 9.17) is 25.9 Å². The lowest BCUT2D eigenvalue weighted by molar-refractivity contribution is 1.08. The molecule has 0 N–H and O–H groups in total. The van der Waals surface area contributed by atoms with Gasteiger partial charge in [-0.3, -0.25) is 0 Å². The highest BCUT2D eigenvalue weighted by atomic mass is 32.1. The van der Waals surface area contributed by atoms with Crippen LogP contribution in [0.3, 0.4) is 0 Å². The fourth-order valence-electron chi connectivity index (χ4n) is 6.61. The molecule has 0 bridgehead atoms. The van der Waals surface area contributed by atoms with Crippen LogP contribution in [0.4, 0.5) is 0 Å². The monoisotopic (exact) mass is 704 g/mol. The predicted molar refractivity (Wildman–Crippen MR) is 223 cm³/mol. The Kier molecular flexibility index (Phi) is 5.33. The lowest BCUT2D eigenvalue weighted by Crippen LogP contribution is -2.00. The summed E-state index contributed by atoms with van der Waals surface area (Å²) in [4.78, 5) is 14.8. The van der Waals surface area contributed by atoms with E-state index in [1.807, 2.05) is 121 Å². The minimum absolute atomic E-state index is 0.0109. The van der Waals surface area contributed by atoms with E-state index in [0.717, 1.165) is 44.4 Å². The van der Waals surface area contributed by atoms with Gasteiger partial charge in [0.05, 0.1) is 15.1 Å². The van der Waals surface area contributed by atoms with E-state index < -0.39 is 60.4 Å². The molecule has 4 heteroatoms. The van der Waals surface area contributed by atoms with Gasteiger partial charge in [-0.05, 0) is 68.4 Å². The lowest BCUT2D eigenvalue weighted by atomic mass is 9.92. The molecule has 0 saturated heterocycles. The van der Waals surface area contributed by atoms with Crippen LogP contribution < -0.4 is 0 Å². The van der Waals surface area contributed by atoms with Crippen molar-refractivity contribution < 1.29 is 15.1 Å². The van der Waals surface area contributed by atoms with Crippen LogP contribution in [0.25, 0.3) is 98.5 Å².